The van der Waals surface area contributed by atoms with Crippen molar-refractivity contribution < 1.29 is 13.2 Å². The predicted molar refractivity (Wildman–Crippen MR) is 89.0 cm³/mol. The summed E-state index contributed by atoms with van der Waals surface area (Å²) in [5.41, 5.74) is 3.37. The summed E-state index contributed by atoms with van der Waals surface area (Å²) in [6.07, 6.45) is 0.728. The summed E-state index contributed by atoms with van der Waals surface area (Å²) in [6, 6.07) is 12.5. The molecule has 3 atom stereocenters. The number of hydrogen-bond acceptors (Lipinski definition) is 1. The van der Waals surface area contributed by atoms with Gasteiger partial charge in [0.2, 0.25) is 0 Å². The Morgan fingerprint density at radius 3 is 2.50 bits per heavy atom. The predicted octanol–water partition coefficient (Wildman–Crippen LogP) is 5.84. The number of alkyl halides is 3. The Bertz CT molecular complexity index is 790. The van der Waals surface area contributed by atoms with E-state index in [9.17, 15) is 13.2 Å². The Morgan fingerprint density at radius 2 is 1.79 bits per heavy atom. The summed E-state index contributed by atoms with van der Waals surface area (Å²) in [7, 11) is 0. The van der Waals surface area contributed by atoms with Gasteiger partial charge in [0.25, 0.3) is 0 Å². The minimum Gasteiger partial charge on any atom is -0.378 e. The molecule has 1 nitrogen and oxygen atoms in total. The molecule has 1 aliphatic heterocycles. The molecule has 0 radical (unpaired) electrons. The first-order valence-corrected chi connectivity index (χ1v) is 8.14. The maximum Gasteiger partial charge on any atom is 0.416 e. The molecule has 2 aromatic carbocycles. The Kier molecular flexibility index (Phi) is 3.44. The van der Waals surface area contributed by atoms with Crippen LogP contribution in [0.25, 0.3) is 0 Å². The van der Waals surface area contributed by atoms with Crippen LogP contribution in [0.2, 0.25) is 0 Å². The molecule has 0 saturated heterocycles. The van der Waals surface area contributed by atoms with Crippen LogP contribution in [0.4, 0.5) is 18.9 Å². The van der Waals surface area contributed by atoms with Crippen molar-refractivity contribution in [3.63, 3.8) is 0 Å². The number of halogens is 3. The second-order valence-corrected chi connectivity index (χ2v) is 6.69. The van der Waals surface area contributed by atoms with Crippen LogP contribution in [0.3, 0.4) is 0 Å². The molecule has 1 N–H and O–H groups in total. The fourth-order valence-electron chi connectivity index (χ4n) is 3.87. The number of aryl methyl sites for hydroxylation is 1. The lowest BCUT2D eigenvalue weighted by molar-refractivity contribution is -0.137. The highest BCUT2D eigenvalue weighted by atomic mass is 19.4. The minimum absolute atomic E-state index is 0.0369. The van der Waals surface area contributed by atoms with Crippen LogP contribution in [0.15, 0.2) is 54.6 Å². The van der Waals surface area contributed by atoms with E-state index < -0.39 is 11.7 Å². The molecule has 0 amide bonds. The van der Waals surface area contributed by atoms with Crippen LogP contribution in [-0.4, -0.2) is 0 Å². The first kappa shape index (κ1) is 15.3. The normalized spacial score (nSPS) is 25.1. The molecule has 4 rings (SSSR count). The van der Waals surface area contributed by atoms with Gasteiger partial charge in [-0.15, -0.1) is 0 Å². The SMILES string of the molecule is Cc1ccc([C@@H]2Nc3ccc(C(F)(F)F)cc3[C@@H]3C=CC[C@@H]32)cc1. The lowest BCUT2D eigenvalue weighted by Crippen LogP contribution is -2.29. The Balaban J connectivity index is 1.76. The first-order chi connectivity index (χ1) is 11.4. The minimum atomic E-state index is -4.30. The van der Waals surface area contributed by atoms with E-state index in [1.165, 1.54) is 17.2 Å². The number of hydrogen-bond donors (Lipinski definition) is 1. The van der Waals surface area contributed by atoms with Crippen LogP contribution in [-0.2, 0) is 6.18 Å². The molecular weight excluding hydrogens is 311 g/mol. The Labute approximate surface area is 139 Å². The van der Waals surface area contributed by atoms with Crippen molar-refractivity contribution >= 4 is 5.69 Å². The van der Waals surface area contributed by atoms with Gasteiger partial charge in [0.05, 0.1) is 11.6 Å². The van der Waals surface area contributed by atoms with Gasteiger partial charge in [0.15, 0.2) is 0 Å². The average molecular weight is 329 g/mol. The van der Waals surface area contributed by atoms with Crippen molar-refractivity contribution in [3.05, 3.63) is 76.9 Å². The van der Waals surface area contributed by atoms with Gasteiger partial charge in [-0.1, -0.05) is 42.0 Å². The van der Waals surface area contributed by atoms with Crippen LogP contribution in [0.5, 0.6) is 0 Å². The fraction of sp³-hybridized carbons (Fsp3) is 0.300. The van der Waals surface area contributed by atoms with Gasteiger partial charge in [0.1, 0.15) is 0 Å². The third-order valence-electron chi connectivity index (χ3n) is 5.13. The zero-order chi connectivity index (χ0) is 16.9. The van der Waals surface area contributed by atoms with Gasteiger partial charge >= 0.3 is 6.18 Å². The lowest BCUT2D eigenvalue weighted by Gasteiger charge is -2.38. The second kappa shape index (κ2) is 5.40. The monoisotopic (exact) mass is 329 g/mol. The Hall–Kier alpha value is -2.23. The van der Waals surface area contributed by atoms with Crippen molar-refractivity contribution in [1.29, 1.82) is 0 Å². The summed E-state index contributed by atoms with van der Waals surface area (Å²) < 4.78 is 39.1. The zero-order valence-corrected chi connectivity index (χ0v) is 13.3. The van der Waals surface area contributed by atoms with E-state index in [1.807, 2.05) is 6.92 Å². The third kappa shape index (κ3) is 2.50. The summed E-state index contributed by atoms with van der Waals surface area (Å²) in [6.45, 7) is 2.05. The highest BCUT2D eigenvalue weighted by Gasteiger charge is 2.39. The quantitative estimate of drug-likeness (QED) is 0.648. The summed E-state index contributed by atoms with van der Waals surface area (Å²) >= 11 is 0. The topological polar surface area (TPSA) is 12.0 Å². The van der Waals surface area contributed by atoms with E-state index >= 15 is 0 Å². The molecule has 0 unspecified atom stereocenters. The molecule has 4 heteroatoms. The standard InChI is InChI=1S/C20H18F3N/c1-12-5-7-13(8-6-12)19-16-4-2-3-15(16)17-11-14(20(21,22)23)9-10-18(17)24-19/h2-3,5-11,15-16,19,24H,4H2,1H3/t15-,16+,19+/m1/s1. The highest BCUT2D eigenvalue weighted by Crippen LogP contribution is 2.50. The van der Waals surface area contributed by atoms with Gasteiger partial charge in [-0.3, -0.25) is 0 Å². The van der Waals surface area contributed by atoms with Gasteiger partial charge in [-0.05, 0) is 48.6 Å². The number of nitrogens with one attached hydrogen (secondary N) is 1. The van der Waals surface area contributed by atoms with Gasteiger partial charge in [-0.25, -0.2) is 0 Å². The van der Waals surface area contributed by atoms with E-state index in [-0.39, 0.29) is 17.9 Å². The van der Waals surface area contributed by atoms with Crippen LogP contribution in [0, 0.1) is 12.8 Å². The van der Waals surface area contributed by atoms with Crippen LogP contribution in [0.1, 0.15) is 40.6 Å². The molecule has 0 bridgehead atoms. The highest BCUT2D eigenvalue weighted by molar-refractivity contribution is 5.61. The third-order valence-corrected chi connectivity index (χ3v) is 5.13. The number of benzene rings is 2. The van der Waals surface area contributed by atoms with Crippen molar-refractivity contribution in [2.45, 2.75) is 31.5 Å². The van der Waals surface area contributed by atoms with E-state index in [1.54, 1.807) is 6.07 Å². The maximum absolute atomic E-state index is 13.0. The van der Waals surface area contributed by atoms with Crippen LogP contribution >= 0.6 is 0 Å². The molecule has 0 spiro atoms. The van der Waals surface area contributed by atoms with Crippen molar-refractivity contribution in [1.82, 2.24) is 0 Å². The molecule has 0 fully saturated rings. The summed E-state index contributed by atoms with van der Waals surface area (Å²) in [4.78, 5) is 0. The van der Waals surface area contributed by atoms with Crippen molar-refractivity contribution in [2.24, 2.45) is 5.92 Å². The second-order valence-electron chi connectivity index (χ2n) is 6.69. The molecular formula is C20H18F3N. The molecule has 0 aromatic heterocycles. The van der Waals surface area contributed by atoms with Crippen LogP contribution < -0.4 is 5.32 Å². The molecule has 2 aliphatic rings. The number of fused-ring (bicyclic) bond motifs is 3. The zero-order valence-electron chi connectivity index (χ0n) is 13.3. The molecule has 24 heavy (non-hydrogen) atoms. The average Bonchev–Trinajstić information content (AvgIpc) is 3.03. The van der Waals surface area contributed by atoms with Crippen molar-refractivity contribution in [3.8, 4) is 0 Å². The molecule has 1 heterocycles. The van der Waals surface area contributed by atoms with Crippen molar-refractivity contribution in [2.75, 3.05) is 5.32 Å². The van der Waals surface area contributed by atoms with Gasteiger partial charge in [0, 0.05) is 11.6 Å². The molecule has 2 aromatic rings. The van der Waals surface area contributed by atoms with E-state index in [4.69, 9.17) is 0 Å². The van der Waals surface area contributed by atoms with Gasteiger partial charge in [-0.2, -0.15) is 13.2 Å². The number of rotatable bonds is 1. The lowest BCUT2D eigenvalue weighted by atomic mass is 9.76. The van der Waals surface area contributed by atoms with E-state index in [2.05, 4.69) is 41.7 Å². The maximum atomic E-state index is 13.0. The molecule has 124 valence electrons. The first-order valence-electron chi connectivity index (χ1n) is 8.14. The molecule has 1 aliphatic carbocycles. The van der Waals surface area contributed by atoms with Gasteiger partial charge < -0.3 is 5.32 Å². The smallest absolute Gasteiger partial charge is 0.378 e. The molecule has 0 saturated carbocycles. The Morgan fingerprint density at radius 1 is 1.04 bits per heavy atom. The number of anilines is 1. The summed E-state index contributed by atoms with van der Waals surface area (Å²) in [5, 5.41) is 3.48. The van der Waals surface area contributed by atoms with E-state index in [0.717, 1.165) is 23.7 Å². The number of allylic oxidation sites excluding steroid dienone is 2. The summed E-state index contributed by atoms with van der Waals surface area (Å²) in [5.74, 6) is 0.290. The fourth-order valence-corrected chi connectivity index (χ4v) is 3.87. The van der Waals surface area contributed by atoms with E-state index in [0.29, 0.717) is 0 Å². The largest absolute Gasteiger partial charge is 0.416 e.